The third kappa shape index (κ3) is 1.05. The van der Waals surface area contributed by atoms with E-state index in [1.54, 1.807) is 6.07 Å². The van der Waals surface area contributed by atoms with Crippen LogP contribution < -0.4 is 0 Å². The van der Waals surface area contributed by atoms with Crippen molar-refractivity contribution in [2.45, 2.75) is 13.3 Å². The minimum Gasteiger partial charge on any atom is -0.293 e. The first kappa shape index (κ1) is 7.22. The van der Waals surface area contributed by atoms with Crippen molar-refractivity contribution in [3.63, 3.8) is 0 Å². The molecule has 0 aromatic carbocycles. The van der Waals surface area contributed by atoms with Crippen molar-refractivity contribution in [3.05, 3.63) is 35.2 Å². The number of nitrogens with zero attached hydrogens (tertiary/aromatic N) is 1. The summed E-state index contributed by atoms with van der Waals surface area (Å²) in [6, 6.07) is 3.72. The van der Waals surface area contributed by atoms with Crippen LogP contribution in [0.5, 0.6) is 0 Å². The number of rotatable bonds is 1. The molecule has 12 heavy (non-hydrogen) atoms. The highest BCUT2D eigenvalue weighted by atomic mass is 16.1. The summed E-state index contributed by atoms with van der Waals surface area (Å²) in [7, 11) is 0. The quantitative estimate of drug-likeness (QED) is 0.585. The van der Waals surface area contributed by atoms with Gasteiger partial charge in [0.05, 0.1) is 5.69 Å². The lowest BCUT2D eigenvalue weighted by Gasteiger charge is -1.99. The zero-order valence-electron chi connectivity index (χ0n) is 6.87. The van der Waals surface area contributed by atoms with Crippen molar-refractivity contribution in [2.24, 2.45) is 0 Å². The average molecular weight is 159 g/mol. The summed E-state index contributed by atoms with van der Waals surface area (Å²) in [6.45, 7) is 1.54. The fourth-order valence-corrected chi connectivity index (χ4v) is 1.32. The van der Waals surface area contributed by atoms with Crippen LogP contribution in [0, 0.1) is 0 Å². The normalized spacial score (nSPS) is 13.1. The monoisotopic (exact) mass is 159 g/mol. The number of ketones is 1. The van der Waals surface area contributed by atoms with Crippen LogP contribution in [0.2, 0.25) is 0 Å². The fraction of sp³-hybridized carbons (Fsp3) is 0.200. The molecule has 1 aliphatic rings. The highest BCUT2D eigenvalue weighted by Crippen LogP contribution is 2.17. The molecule has 2 nitrogen and oxygen atoms in total. The van der Waals surface area contributed by atoms with Gasteiger partial charge in [-0.15, -0.1) is 0 Å². The van der Waals surface area contributed by atoms with Crippen LogP contribution in [0.25, 0.3) is 6.08 Å². The van der Waals surface area contributed by atoms with E-state index < -0.39 is 0 Å². The van der Waals surface area contributed by atoms with Crippen molar-refractivity contribution in [3.8, 4) is 0 Å². The highest BCUT2D eigenvalue weighted by molar-refractivity contribution is 5.92. The second-order valence-electron chi connectivity index (χ2n) is 2.90. The molecule has 60 valence electrons. The van der Waals surface area contributed by atoms with E-state index in [1.165, 1.54) is 6.92 Å². The Hall–Kier alpha value is -1.44. The van der Waals surface area contributed by atoms with E-state index in [0.717, 1.165) is 17.7 Å². The number of hydrogen-bond acceptors (Lipinski definition) is 2. The molecule has 0 fully saturated rings. The highest BCUT2D eigenvalue weighted by Gasteiger charge is 2.08. The molecule has 0 radical (unpaired) electrons. The summed E-state index contributed by atoms with van der Waals surface area (Å²) in [5.41, 5.74) is 2.72. The van der Waals surface area contributed by atoms with Crippen LogP contribution in [0.3, 0.4) is 0 Å². The lowest BCUT2D eigenvalue weighted by Crippen LogP contribution is -1.99. The predicted molar refractivity (Wildman–Crippen MR) is 47.0 cm³/mol. The maximum Gasteiger partial charge on any atom is 0.178 e. The Kier molecular flexibility index (Phi) is 1.54. The standard InChI is InChI=1S/C10H9NO/c1-7(12)9-6-5-8-3-2-4-10(8)11-9/h2-3,5-6H,4H2,1H3. The van der Waals surface area contributed by atoms with E-state index in [4.69, 9.17) is 0 Å². The third-order valence-electron chi connectivity index (χ3n) is 1.98. The molecule has 2 rings (SSSR count). The number of aromatic nitrogens is 1. The Balaban J connectivity index is 2.49. The van der Waals surface area contributed by atoms with Gasteiger partial charge in [0.2, 0.25) is 0 Å². The number of allylic oxidation sites excluding steroid dienone is 1. The first-order valence-corrected chi connectivity index (χ1v) is 3.95. The van der Waals surface area contributed by atoms with Gasteiger partial charge in [-0.05, 0) is 11.6 Å². The third-order valence-corrected chi connectivity index (χ3v) is 1.98. The van der Waals surface area contributed by atoms with Crippen LogP contribution >= 0.6 is 0 Å². The van der Waals surface area contributed by atoms with E-state index in [2.05, 4.69) is 11.1 Å². The second kappa shape index (κ2) is 2.55. The van der Waals surface area contributed by atoms with Gasteiger partial charge in [-0.25, -0.2) is 4.98 Å². The topological polar surface area (TPSA) is 30.0 Å². The van der Waals surface area contributed by atoms with Crippen molar-refractivity contribution < 1.29 is 4.79 Å². The molecule has 0 atom stereocenters. The van der Waals surface area contributed by atoms with Crippen molar-refractivity contribution in [1.29, 1.82) is 0 Å². The summed E-state index contributed by atoms with van der Waals surface area (Å²) < 4.78 is 0. The molecule has 0 amide bonds. The van der Waals surface area contributed by atoms with Crippen LogP contribution in [-0.4, -0.2) is 10.8 Å². The van der Waals surface area contributed by atoms with E-state index in [1.807, 2.05) is 12.1 Å². The van der Waals surface area contributed by atoms with Crippen molar-refractivity contribution >= 4 is 11.9 Å². The lowest BCUT2D eigenvalue weighted by molar-refractivity contribution is 0.101. The van der Waals surface area contributed by atoms with Gasteiger partial charge < -0.3 is 0 Å². The zero-order valence-corrected chi connectivity index (χ0v) is 6.87. The molecule has 0 N–H and O–H groups in total. The molecule has 0 bridgehead atoms. The number of pyridine rings is 1. The van der Waals surface area contributed by atoms with Gasteiger partial charge in [0.15, 0.2) is 5.78 Å². The molecule has 1 aromatic rings. The van der Waals surface area contributed by atoms with Gasteiger partial charge >= 0.3 is 0 Å². The number of Topliss-reactive ketones (excluding diaryl/α,β-unsaturated/α-hetero) is 1. The number of carbonyl (C=O) groups excluding carboxylic acids is 1. The van der Waals surface area contributed by atoms with Crippen LogP contribution in [0.15, 0.2) is 18.2 Å². The zero-order chi connectivity index (χ0) is 8.55. The first-order valence-electron chi connectivity index (χ1n) is 3.95. The molecule has 0 spiro atoms. The second-order valence-corrected chi connectivity index (χ2v) is 2.90. The Morgan fingerprint density at radius 1 is 1.50 bits per heavy atom. The van der Waals surface area contributed by atoms with Crippen LogP contribution in [0.1, 0.15) is 28.7 Å². The van der Waals surface area contributed by atoms with Crippen LogP contribution in [-0.2, 0) is 6.42 Å². The van der Waals surface area contributed by atoms with E-state index >= 15 is 0 Å². The van der Waals surface area contributed by atoms with Crippen LogP contribution in [0.4, 0.5) is 0 Å². The van der Waals surface area contributed by atoms with Gasteiger partial charge in [0, 0.05) is 13.3 Å². The Morgan fingerprint density at radius 3 is 3.08 bits per heavy atom. The summed E-state index contributed by atoms with van der Waals surface area (Å²) in [6.07, 6.45) is 4.95. The number of fused-ring (bicyclic) bond motifs is 1. The van der Waals surface area contributed by atoms with Crippen molar-refractivity contribution in [2.75, 3.05) is 0 Å². The SMILES string of the molecule is CC(=O)c1ccc2c(n1)CC=C2. The van der Waals surface area contributed by atoms with E-state index in [-0.39, 0.29) is 5.78 Å². The Labute approximate surface area is 70.9 Å². The van der Waals surface area contributed by atoms with E-state index in [0.29, 0.717) is 5.69 Å². The van der Waals surface area contributed by atoms with Gasteiger partial charge in [-0.1, -0.05) is 18.2 Å². The molecule has 1 aromatic heterocycles. The molecule has 0 saturated heterocycles. The molecule has 2 heteroatoms. The molecule has 1 heterocycles. The molecule has 0 aliphatic heterocycles. The molecule has 1 aliphatic carbocycles. The number of hydrogen-bond donors (Lipinski definition) is 0. The van der Waals surface area contributed by atoms with Gasteiger partial charge in [-0.2, -0.15) is 0 Å². The van der Waals surface area contributed by atoms with Gasteiger partial charge in [0.25, 0.3) is 0 Å². The van der Waals surface area contributed by atoms with Gasteiger partial charge in [-0.3, -0.25) is 4.79 Å². The van der Waals surface area contributed by atoms with Crippen molar-refractivity contribution in [1.82, 2.24) is 4.98 Å². The largest absolute Gasteiger partial charge is 0.293 e. The molecule has 0 unspecified atom stereocenters. The minimum absolute atomic E-state index is 0.0321. The maximum atomic E-state index is 11.0. The van der Waals surface area contributed by atoms with E-state index in [9.17, 15) is 4.79 Å². The molecular formula is C10H9NO. The average Bonchev–Trinajstić information content (AvgIpc) is 2.49. The summed E-state index contributed by atoms with van der Waals surface area (Å²) in [5, 5.41) is 0. The summed E-state index contributed by atoms with van der Waals surface area (Å²) >= 11 is 0. The predicted octanol–water partition coefficient (Wildman–Crippen LogP) is 1.85. The summed E-state index contributed by atoms with van der Waals surface area (Å²) in [5.74, 6) is 0.0321. The fourth-order valence-electron chi connectivity index (χ4n) is 1.32. The molecular weight excluding hydrogens is 150 g/mol. The minimum atomic E-state index is 0.0321. The lowest BCUT2D eigenvalue weighted by atomic mass is 10.2. The summed E-state index contributed by atoms with van der Waals surface area (Å²) in [4.78, 5) is 15.2. The number of carbonyl (C=O) groups is 1. The van der Waals surface area contributed by atoms with Gasteiger partial charge in [0.1, 0.15) is 5.69 Å². The first-order chi connectivity index (χ1) is 5.77. The Bertz CT molecular complexity index is 366. The molecule has 0 saturated carbocycles. The Morgan fingerprint density at radius 2 is 2.33 bits per heavy atom. The maximum absolute atomic E-state index is 11.0. The smallest absolute Gasteiger partial charge is 0.178 e.